The number of carbonyl (C=O) groups is 2. The summed E-state index contributed by atoms with van der Waals surface area (Å²) in [6.45, 7) is 3.02. The lowest BCUT2D eigenvalue weighted by Gasteiger charge is -2.36. The molecule has 0 radical (unpaired) electrons. The largest absolute Gasteiger partial charge is 0.481 e. The Balaban J connectivity index is 1.60. The number of hydrogen-bond acceptors (Lipinski definition) is 4. The average molecular weight is 527 g/mol. The first-order valence-corrected chi connectivity index (χ1v) is 13.5. The zero-order chi connectivity index (χ0) is 27.8. The second-order valence-corrected chi connectivity index (χ2v) is 10.1. The van der Waals surface area contributed by atoms with Crippen molar-refractivity contribution in [1.82, 2.24) is 19.9 Å². The summed E-state index contributed by atoms with van der Waals surface area (Å²) in [5.74, 6) is -0.896. The van der Waals surface area contributed by atoms with Gasteiger partial charge in [0.15, 0.2) is 0 Å². The molecule has 7 nitrogen and oxygen atoms in total. The Labute approximate surface area is 230 Å². The van der Waals surface area contributed by atoms with Gasteiger partial charge in [-0.25, -0.2) is 5.01 Å². The molecule has 0 aliphatic carbocycles. The van der Waals surface area contributed by atoms with Gasteiger partial charge in [-0.1, -0.05) is 85.8 Å². The minimum Gasteiger partial charge on any atom is -0.481 e. The summed E-state index contributed by atoms with van der Waals surface area (Å²) in [5, 5.41) is 12.8. The third kappa shape index (κ3) is 7.34. The number of carboxylic acid groups (broad SMARTS) is 1. The Morgan fingerprint density at radius 2 is 1.51 bits per heavy atom. The fourth-order valence-electron chi connectivity index (χ4n) is 5.22. The SMILES string of the molecule is CCN(N[C@H](CC(=O)O)Cc1cn(C)c2ccccc12)[C@@H](Cc1ccccc1)C(=O)N(C)Cc1ccccc1. The second-order valence-electron chi connectivity index (χ2n) is 10.1. The highest BCUT2D eigenvalue weighted by atomic mass is 16.4. The van der Waals surface area contributed by atoms with Crippen LogP contribution in [0.5, 0.6) is 0 Å². The molecule has 0 fully saturated rings. The number of fused-ring (bicyclic) bond motifs is 1. The molecule has 4 aromatic rings. The predicted molar refractivity (Wildman–Crippen MR) is 155 cm³/mol. The Morgan fingerprint density at radius 1 is 0.897 bits per heavy atom. The van der Waals surface area contributed by atoms with E-state index in [1.165, 1.54) is 0 Å². The molecule has 0 unspecified atom stereocenters. The number of aliphatic carboxylic acids is 1. The van der Waals surface area contributed by atoms with Gasteiger partial charge in [-0.3, -0.25) is 15.0 Å². The lowest BCUT2D eigenvalue weighted by Crippen LogP contribution is -2.57. The van der Waals surface area contributed by atoms with Crippen LogP contribution < -0.4 is 5.43 Å². The fraction of sp³-hybridized carbons (Fsp3) is 0.312. The Hall–Kier alpha value is -3.94. The second kappa shape index (κ2) is 13.2. The molecule has 39 heavy (non-hydrogen) atoms. The van der Waals surface area contributed by atoms with Crippen LogP contribution in [0.4, 0.5) is 0 Å². The predicted octanol–water partition coefficient (Wildman–Crippen LogP) is 4.66. The van der Waals surface area contributed by atoms with Crippen LogP contribution in [0.25, 0.3) is 10.9 Å². The van der Waals surface area contributed by atoms with Crippen LogP contribution in [-0.2, 0) is 36.0 Å². The van der Waals surface area contributed by atoms with E-state index in [0.29, 0.717) is 25.9 Å². The third-order valence-corrected chi connectivity index (χ3v) is 7.13. The lowest BCUT2D eigenvalue weighted by atomic mass is 10.0. The van der Waals surface area contributed by atoms with Crippen molar-refractivity contribution in [3.05, 3.63) is 108 Å². The summed E-state index contributed by atoms with van der Waals surface area (Å²) < 4.78 is 2.07. The van der Waals surface area contributed by atoms with Gasteiger partial charge < -0.3 is 14.6 Å². The van der Waals surface area contributed by atoms with Crippen LogP contribution in [0.15, 0.2) is 91.1 Å². The van der Waals surface area contributed by atoms with E-state index in [9.17, 15) is 14.7 Å². The van der Waals surface area contributed by atoms with Crippen molar-refractivity contribution in [2.24, 2.45) is 7.05 Å². The number of amides is 1. The molecule has 0 aliphatic heterocycles. The maximum absolute atomic E-state index is 13.9. The van der Waals surface area contributed by atoms with Crippen molar-refractivity contribution in [2.45, 2.75) is 44.8 Å². The lowest BCUT2D eigenvalue weighted by molar-refractivity contribution is -0.139. The van der Waals surface area contributed by atoms with Gasteiger partial charge in [-0.15, -0.1) is 0 Å². The Morgan fingerprint density at radius 3 is 2.15 bits per heavy atom. The molecule has 0 aliphatic rings. The van der Waals surface area contributed by atoms with Crippen molar-refractivity contribution in [2.75, 3.05) is 13.6 Å². The van der Waals surface area contributed by atoms with E-state index in [1.54, 1.807) is 4.90 Å². The van der Waals surface area contributed by atoms with Crippen molar-refractivity contribution < 1.29 is 14.7 Å². The van der Waals surface area contributed by atoms with Gasteiger partial charge >= 0.3 is 5.97 Å². The van der Waals surface area contributed by atoms with Gasteiger partial charge in [0.05, 0.1) is 6.42 Å². The molecule has 0 spiro atoms. The number of aromatic nitrogens is 1. The van der Waals surface area contributed by atoms with Crippen LogP contribution in [0, 0.1) is 0 Å². The van der Waals surface area contributed by atoms with Gasteiger partial charge in [-0.2, -0.15) is 0 Å². The van der Waals surface area contributed by atoms with Crippen LogP contribution in [0.2, 0.25) is 0 Å². The fourth-order valence-corrected chi connectivity index (χ4v) is 5.22. The maximum atomic E-state index is 13.9. The number of carboxylic acids is 1. The highest BCUT2D eigenvalue weighted by molar-refractivity contribution is 5.84. The highest BCUT2D eigenvalue weighted by Crippen LogP contribution is 2.23. The molecule has 1 amide bonds. The minimum absolute atomic E-state index is 0.0173. The summed E-state index contributed by atoms with van der Waals surface area (Å²) in [6, 6.07) is 27.1. The number of para-hydroxylation sites is 1. The number of aryl methyl sites for hydroxylation is 1. The number of nitrogens with zero attached hydrogens (tertiary/aromatic N) is 3. The van der Waals surface area contributed by atoms with E-state index in [1.807, 2.05) is 98.8 Å². The highest BCUT2D eigenvalue weighted by Gasteiger charge is 2.30. The summed E-state index contributed by atoms with van der Waals surface area (Å²) in [5.41, 5.74) is 7.76. The molecular formula is C32H38N4O3. The first-order chi connectivity index (χ1) is 18.9. The quantitative estimate of drug-likeness (QED) is 0.248. The monoisotopic (exact) mass is 526 g/mol. The number of nitrogens with one attached hydrogen (secondary N) is 1. The van der Waals surface area contributed by atoms with Crippen LogP contribution in [-0.4, -0.2) is 57.1 Å². The average Bonchev–Trinajstić information content (AvgIpc) is 3.25. The molecule has 0 saturated carbocycles. The number of hydrogen-bond donors (Lipinski definition) is 2. The molecule has 0 bridgehead atoms. The van der Waals surface area contributed by atoms with E-state index in [4.69, 9.17) is 0 Å². The maximum Gasteiger partial charge on any atom is 0.304 e. The van der Waals surface area contributed by atoms with Crippen molar-refractivity contribution in [1.29, 1.82) is 0 Å². The first kappa shape index (κ1) is 28.1. The van der Waals surface area contributed by atoms with Gasteiger partial charge in [0.2, 0.25) is 5.91 Å². The number of rotatable bonds is 13. The first-order valence-electron chi connectivity index (χ1n) is 13.5. The summed E-state index contributed by atoms with van der Waals surface area (Å²) >= 11 is 0. The summed E-state index contributed by atoms with van der Waals surface area (Å²) in [7, 11) is 3.83. The van der Waals surface area contributed by atoms with Crippen molar-refractivity contribution in [3.8, 4) is 0 Å². The van der Waals surface area contributed by atoms with E-state index >= 15 is 0 Å². The molecule has 3 aromatic carbocycles. The van der Waals surface area contributed by atoms with Crippen molar-refractivity contribution in [3.63, 3.8) is 0 Å². The van der Waals surface area contributed by atoms with Crippen LogP contribution in [0.1, 0.15) is 30.0 Å². The van der Waals surface area contributed by atoms with E-state index in [-0.39, 0.29) is 12.3 Å². The number of likely N-dealkylation sites (N-methyl/N-ethyl adjacent to an activating group) is 2. The standard InChI is InChI=1S/C32H38N4O3/c1-4-36(33-27(21-31(37)38)20-26-23-34(2)29-18-12-11-17-28(26)29)30(19-24-13-7-5-8-14-24)32(39)35(3)22-25-15-9-6-10-16-25/h5-18,23,27,30,33H,4,19-22H2,1-3H3,(H,37,38)/t27-,30-/m0/s1. The van der Waals surface area contributed by atoms with E-state index in [2.05, 4.69) is 28.3 Å². The molecular weight excluding hydrogens is 488 g/mol. The van der Waals surface area contributed by atoms with Gasteiger partial charge in [0.25, 0.3) is 0 Å². The molecule has 1 aromatic heterocycles. The third-order valence-electron chi connectivity index (χ3n) is 7.13. The minimum atomic E-state index is -0.879. The zero-order valence-corrected chi connectivity index (χ0v) is 23.0. The van der Waals surface area contributed by atoms with Gasteiger partial charge in [-0.05, 0) is 35.6 Å². The number of carbonyl (C=O) groups excluding carboxylic acids is 1. The topological polar surface area (TPSA) is 77.8 Å². The van der Waals surface area contributed by atoms with Gasteiger partial charge in [0.1, 0.15) is 6.04 Å². The molecule has 1 heterocycles. The zero-order valence-electron chi connectivity index (χ0n) is 23.0. The molecule has 2 N–H and O–H groups in total. The summed E-state index contributed by atoms with van der Waals surface area (Å²) in [6.07, 6.45) is 3.04. The Kier molecular flexibility index (Phi) is 9.52. The molecule has 0 saturated heterocycles. The normalized spacial score (nSPS) is 12.9. The number of hydrazine groups is 1. The van der Waals surface area contributed by atoms with E-state index < -0.39 is 18.1 Å². The van der Waals surface area contributed by atoms with Crippen LogP contribution >= 0.6 is 0 Å². The van der Waals surface area contributed by atoms with E-state index in [0.717, 1.165) is 27.6 Å². The van der Waals surface area contributed by atoms with Gasteiger partial charge in [0, 0.05) is 50.3 Å². The number of benzene rings is 3. The molecule has 2 atom stereocenters. The van der Waals surface area contributed by atoms with Crippen molar-refractivity contribution >= 4 is 22.8 Å². The molecule has 204 valence electrons. The summed E-state index contributed by atoms with van der Waals surface area (Å²) in [4.78, 5) is 27.6. The molecule has 7 heteroatoms. The van der Waals surface area contributed by atoms with Crippen LogP contribution in [0.3, 0.4) is 0 Å². The molecule has 4 rings (SSSR count). The Bertz CT molecular complexity index is 1370. The smallest absolute Gasteiger partial charge is 0.304 e.